The van der Waals surface area contributed by atoms with E-state index < -0.39 is 0 Å². The van der Waals surface area contributed by atoms with Crippen molar-refractivity contribution in [1.82, 2.24) is 4.98 Å². The second-order valence-corrected chi connectivity index (χ2v) is 5.22. The van der Waals surface area contributed by atoms with Crippen LogP contribution in [0.15, 0.2) is 36.5 Å². The average Bonchev–Trinajstić information content (AvgIpc) is 2.67. The molecule has 0 amide bonds. The molecule has 2 aromatic rings. The van der Waals surface area contributed by atoms with Crippen molar-refractivity contribution in [3.05, 3.63) is 47.9 Å². The quantitative estimate of drug-likeness (QED) is 0.764. The molecule has 0 fully saturated rings. The molecule has 0 aliphatic carbocycles. The maximum atomic E-state index is 12.9. The summed E-state index contributed by atoms with van der Waals surface area (Å²) in [5, 5.41) is 0. The fraction of sp³-hybridized carbons (Fsp3) is 0.267. The molecule has 0 atom stereocenters. The van der Waals surface area contributed by atoms with E-state index in [1.54, 1.807) is 18.3 Å². The minimum atomic E-state index is -0.243. The number of nitrogens with zero attached hydrogens (tertiary/aromatic N) is 1. The van der Waals surface area contributed by atoms with Gasteiger partial charge in [0.2, 0.25) is 0 Å². The minimum absolute atomic E-state index is 0.00700. The van der Waals surface area contributed by atoms with Crippen LogP contribution in [0.25, 0.3) is 11.3 Å². The van der Waals surface area contributed by atoms with Crippen molar-refractivity contribution in [2.45, 2.75) is 19.3 Å². The van der Waals surface area contributed by atoms with Crippen LogP contribution >= 0.6 is 0 Å². The molecule has 0 unspecified atom stereocenters. The van der Waals surface area contributed by atoms with Gasteiger partial charge in [0.25, 0.3) is 0 Å². The molecule has 2 heterocycles. The fourth-order valence-electron chi connectivity index (χ4n) is 2.27. The maximum Gasteiger partial charge on any atom is 0.149 e. The number of hydrogen-bond donors (Lipinski definition) is 0. The molecule has 0 saturated carbocycles. The molecule has 0 saturated heterocycles. The number of ether oxygens (including phenoxy) is 1. The SMILES string of the molecule is CC1(C)COc2c1ccnc2-c1ccc(F)cc1. The second-order valence-electron chi connectivity index (χ2n) is 5.22. The van der Waals surface area contributed by atoms with Crippen molar-refractivity contribution in [2.24, 2.45) is 0 Å². The van der Waals surface area contributed by atoms with Crippen LogP contribution in [-0.4, -0.2) is 11.6 Å². The molecule has 0 N–H and O–H groups in total. The van der Waals surface area contributed by atoms with Gasteiger partial charge >= 0.3 is 0 Å². The van der Waals surface area contributed by atoms with Crippen LogP contribution in [0, 0.1) is 5.82 Å². The van der Waals surface area contributed by atoms with Gasteiger partial charge in [-0.2, -0.15) is 0 Å². The zero-order chi connectivity index (χ0) is 12.8. The zero-order valence-corrected chi connectivity index (χ0v) is 10.4. The second kappa shape index (κ2) is 3.80. The summed E-state index contributed by atoms with van der Waals surface area (Å²) in [6, 6.07) is 8.33. The Morgan fingerprint density at radius 2 is 1.89 bits per heavy atom. The molecule has 1 aromatic heterocycles. The number of rotatable bonds is 1. The molecule has 1 aromatic carbocycles. The van der Waals surface area contributed by atoms with E-state index in [-0.39, 0.29) is 11.2 Å². The van der Waals surface area contributed by atoms with Gasteiger partial charge in [0.1, 0.15) is 17.3 Å². The van der Waals surface area contributed by atoms with Crippen molar-refractivity contribution in [1.29, 1.82) is 0 Å². The molecule has 2 nitrogen and oxygen atoms in total. The van der Waals surface area contributed by atoms with Crippen LogP contribution in [0.3, 0.4) is 0 Å². The number of hydrogen-bond acceptors (Lipinski definition) is 2. The summed E-state index contributed by atoms with van der Waals surface area (Å²) < 4.78 is 18.7. The number of benzene rings is 1. The Balaban J connectivity index is 2.15. The standard InChI is InChI=1S/C15H14FNO/c1-15(2)9-18-14-12(15)7-8-17-13(14)10-3-5-11(16)6-4-10/h3-8H,9H2,1-2H3. The summed E-state index contributed by atoms with van der Waals surface area (Å²) in [7, 11) is 0. The molecule has 0 spiro atoms. The van der Waals surface area contributed by atoms with E-state index in [1.807, 2.05) is 6.07 Å². The highest BCUT2D eigenvalue weighted by Gasteiger charge is 2.33. The Morgan fingerprint density at radius 1 is 1.17 bits per heavy atom. The number of halogens is 1. The average molecular weight is 243 g/mol. The molecule has 18 heavy (non-hydrogen) atoms. The first kappa shape index (κ1) is 11.2. The first-order valence-corrected chi connectivity index (χ1v) is 5.96. The molecule has 0 radical (unpaired) electrons. The van der Waals surface area contributed by atoms with Gasteiger partial charge in [-0.05, 0) is 30.3 Å². The molecule has 0 bridgehead atoms. The maximum absolute atomic E-state index is 12.9. The predicted molar refractivity (Wildman–Crippen MR) is 68.2 cm³/mol. The lowest BCUT2D eigenvalue weighted by Gasteiger charge is -2.14. The first-order valence-electron chi connectivity index (χ1n) is 5.96. The van der Waals surface area contributed by atoms with E-state index in [4.69, 9.17) is 4.74 Å². The van der Waals surface area contributed by atoms with Crippen LogP contribution in [0.1, 0.15) is 19.4 Å². The number of fused-ring (bicyclic) bond motifs is 1. The van der Waals surface area contributed by atoms with Gasteiger partial charge in [0, 0.05) is 22.7 Å². The van der Waals surface area contributed by atoms with Gasteiger partial charge in [-0.25, -0.2) is 4.39 Å². The topological polar surface area (TPSA) is 22.1 Å². The summed E-state index contributed by atoms with van der Waals surface area (Å²) in [4.78, 5) is 4.37. The van der Waals surface area contributed by atoms with Crippen LogP contribution < -0.4 is 4.74 Å². The molecule has 3 rings (SSSR count). The summed E-state index contributed by atoms with van der Waals surface area (Å²) in [5.41, 5.74) is 2.84. The van der Waals surface area contributed by atoms with Crippen LogP contribution in [0.5, 0.6) is 5.75 Å². The lowest BCUT2D eigenvalue weighted by atomic mass is 9.87. The zero-order valence-electron chi connectivity index (χ0n) is 10.4. The van der Waals surface area contributed by atoms with Gasteiger partial charge in [-0.15, -0.1) is 0 Å². The van der Waals surface area contributed by atoms with E-state index in [2.05, 4.69) is 18.8 Å². The van der Waals surface area contributed by atoms with Crippen molar-refractivity contribution in [3.8, 4) is 17.0 Å². The molecule has 1 aliphatic heterocycles. The highest BCUT2D eigenvalue weighted by molar-refractivity contribution is 5.69. The van der Waals surface area contributed by atoms with E-state index >= 15 is 0 Å². The Hall–Kier alpha value is -1.90. The van der Waals surface area contributed by atoms with Gasteiger partial charge in [-0.3, -0.25) is 4.98 Å². The summed E-state index contributed by atoms with van der Waals surface area (Å²) in [6.45, 7) is 4.95. The predicted octanol–water partition coefficient (Wildman–Crippen LogP) is 3.56. The van der Waals surface area contributed by atoms with Crippen molar-refractivity contribution < 1.29 is 9.13 Å². The molecular formula is C15H14FNO. The number of aromatic nitrogens is 1. The van der Waals surface area contributed by atoms with Crippen molar-refractivity contribution >= 4 is 0 Å². The molecule has 92 valence electrons. The Bertz CT molecular complexity index is 590. The third kappa shape index (κ3) is 1.67. The monoisotopic (exact) mass is 243 g/mol. The van der Waals surface area contributed by atoms with E-state index in [9.17, 15) is 4.39 Å². The van der Waals surface area contributed by atoms with Crippen LogP contribution in [0.2, 0.25) is 0 Å². The highest BCUT2D eigenvalue weighted by atomic mass is 19.1. The van der Waals surface area contributed by atoms with Crippen LogP contribution in [-0.2, 0) is 5.41 Å². The van der Waals surface area contributed by atoms with Gasteiger partial charge in [0.15, 0.2) is 0 Å². The Kier molecular flexibility index (Phi) is 2.37. The smallest absolute Gasteiger partial charge is 0.149 e. The van der Waals surface area contributed by atoms with E-state index in [0.29, 0.717) is 6.61 Å². The first-order chi connectivity index (χ1) is 8.58. The third-order valence-corrected chi connectivity index (χ3v) is 3.33. The molecule has 3 heteroatoms. The highest BCUT2D eigenvalue weighted by Crippen LogP contribution is 2.43. The molecule has 1 aliphatic rings. The third-order valence-electron chi connectivity index (χ3n) is 3.33. The Labute approximate surface area is 105 Å². The Morgan fingerprint density at radius 3 is 2.61 bits per heavy atom. The normalized spacial score (nSPS) is 16.2. The van der Waals surface area contributed by atoms with E-state index in [1.165, 1.54) is 12.1 Å². The minimum Gasteiger partial charge on any atom is -0.490 e. The summed E-state index contributed by atoms with van der Waals surface area (Å²) in [6.07, 6.45) is 1.79. The summed E-state index contributed by atoms with van der Waals surface area (Å²) >= 11 is 0. The van der Waals surface area contributed by atoms with Crippen molar-refractivity contribution in [3.63, 3.8) is 0 Å². The lowest BCUT2D eigenvalue weighted by molar-refractivity contribution is 0.291. The summed E-state index contributed by atoms with van der Waals surface area (Å²) in [5.74, 6) is 0.585. The van der Waals surface area contributed by atoms with E-state index in [0.717, 1.165) is 22.6 Å². The molecular weight excluding hydrogens is 229 g/mol. The lowest BCUT2D eigenvalue weighted by Crippen LogP contribution is -2.18. The van der Waals surface area contributed by atoms with Gasteiger partial charge in [-0.1, -0.05) is 13.8 Å². The fourth-order valence-corrected chi connectivity index (χ4v) is 2.27. The van der Waals surface area contributed by atoms with Crippen molar-refractivity contribution in [2.75, 3.05) is 6.61 Å². The van der Waals surface area contributed by atoms with Gasteiger partial charge < -0.3 is 4.74 Å². The van der Waals surface area contributed by atoms with Crippen LogP contribution in [0.4, 0.5) is 4.39 Å². The van der Waals surface area contributed by atoms with Gasteiger partial charge in [0.05, 0.1) is 6.61 Å². The largest absolute Gasteiger partial charge is 0.490 e. The number of pyridine rings is 1.